The Bertz CT molecular complexity index is 106. The highest BCUT2D eigenvalue weighted by Crippen LogP contribution is 2.16. The summed E-state index contributed by atoms with van der Waals surface area (Å²) in [7, 11) is 0. The number of alkyl halides is 1. The zero-order valence-corrected chi connectivity index (χ0v) is 11.1. The number of unbranched alkanes of at least 4 members (excludes halogenated alkanes) is 5. The summed E-state index contributed by atoms with van der Waals surface area (Å²) in [5, 5.41) is 8.59. The van der Waals surface area contributed by atoms with Gasteiger partial charge in [0, 0.05) is 11.4 Å². The molecule has 14 heavy (non-hydrogen) atoms. The van der Waals surface area contributed by atoms with Crippen molar-refractivity contribution in [1.29, 1.82) is 0 Å². The maximum Gasteiger partial charge on any atom is 0.0431 e. The first-order valence-electron chi connectivity index (χ1n) is 6.06. The molecule has 1 nitrogen and oxygen atoms in total. The second-order valence-electron chi connectivity index (χ2n) is 4.02. The molecule has 0 aromatic carbocycles. The summed E-state index contributed by atoms with van der Waals surface area (Å²) < 4.78 is 0. The fourth-order valence-corrected chi connectivity index (χ4v) is 2.42. The Morgan fingerprint density at radius 2 is 1.50 bits per heavy atom. The van der Waals surface area contributed by atoms with E-state index >= 15 is 0 Å². The molecular formula is C12H25BrO. The Kier molecular flexibility index (Phi) is 11.9. The van der Waals surface area contributed by atoms with Gasteiger partial charge in [-0.05, 0) is 19.3 Å². The highest BCUT2D eigenvalue weighted by Gasteiger charge is 2.01. The van der Waals surface area contributed by atoms with Crippen LogP contribution in [0.15, 0.2) is 0 Å². The van der Waals surface area contributed by atoms with Crippen LogP contribution in [0.5, 0.6) is 0 Å². The summed E-state index contributed by atoms with van der Waals surface area (Å²) >= 11 is 3.70. The van der Waals surface area contributed by atoms with Gasteiger partial charge in [0.2, 0.25) is 0 Å². The molecule has 0 rings (SSSR count). The van der Waals surface area contributed by atoms with Crippen LogP contribution in [-0.2, 0) is 0 Å². The van der Waals surface area contributed by atoms with E-state index in [-0.39, 0.29) is 0 Å². The maximum atomic E-state index is 8.59. The van der Waals surface area contributed by atoms with Crippen molar-refractivity contribution in [2.24, 2.45) is 0 Å². The minimum absolute atomic E-state index is 0.361. The SMILES string of the molecule is CCCC(Br)CCCCCCCCO. The zero-order chi connectivity index (χ0) is 10.6. The second kappa shape index (κ2) is 11.5. The van der Waals surface area contributed by atoms with Crippen LogP contribution >= 0.6 is 15.9 Å². The van der Waals surface area contributed by atoms with Crippen molar-refractivity contribution in [1.82, 2.24) is 0 Å². The first-order valence-corrected chi connectivity index (χ1v) is 6.97. The first-order chi connectivity index (χ1) is 6.81. The lowest BCUT2D eigenvalue weighted by atomic mass is 10.1. The van der Waals surface area contributed by atoms with Crippen molar-refractivity contribution < 1.29 is 5.11 Å². The average Bonchev–Trinajstić information content (AvgIpc) is 2.17. The third kappa shape index (κ3) is 10.5. The van der Waals surface area contributed by atoms with E-state index in [1.807, 2.05) is 0 Å². The van der Waals surface area contributed by atoms with Gasteiger partial charge in [0.15, 0.2) is 0 Å². The van der Waals surface area contributed by atoms with E-state index in [2.05, 4.69) is 22.9 Å². The van der Waals surface area contributed by atoms with Crippen LogP contribution in [0.1, 0.15) is 64.7 Å². The van der Waals surface area contributed by atoms with E-state index in [1.54, 1.807) is 0 Å². The van der Waals surface area contributed by atoms with E-state index in [9.17, 15) is 0 Å². The number of aliphatic hydroxyl groups is 1. The van der Waals surface area contributed by atoms with Crippen LogP contribution in [0.4, 0.5) is 0 Å². The molecule has 1 atom stereocenters. The largest absolute Gasteiger partial charge is 0.396 e. The van der Waals surface area contributed by atoms with Crippen molar-refractivity contribution >= 4 is 15.9 Å². The molecule has 0 aliphatic rings. The van der Waals surface area contributed by atoms with Crippen LogP contribution < -0.4 is 0 Å². The minimum Gasteiger partial charge on any atom is -0.396 e. The van der Waals surface area contributed by atoms with Crippen LogP contribution in [0, 0.1) is 0 Å². The standard InChI is InChI=1S/C12H25BrO/c1-2-9-12(13)10-7-5-3-4-6-8-11-14/h12,14H,2-11H2,1H3. The van der Waals surface area contributed by atoms with E-state index in [1.165, 1.54) is 51.4 Å². The van der Waals surface area contributed by atoms with Crippen LogP contribution in [0.2, 0.25) is 0 Å². The molecule has 0 radical (unpaired) electrons. The second-order valence-corrected chi connectivity index (χ2v) is 5.31. The van der Waals surface area contributed by atoms with Crippen molar-refractivity contribution in [3.8, 4) is 0 Å². The lowest BCUT2D eigenvalue weighted by molar-refractivity contribution is 0.282. The molecule has 0 aliphatic heterocycles. The normalized spacial score (nSPS) is 13.1. The fraction of sp³-hybridized carbons (Fsp3) is 1.00. The van der Waals surface area contributed by atoms with Crippen LogP contribution in [-0.4, -0.2) is 16.5 Å². The summed E-state index contributed by atoms with van der Waals surface area (Å²) in [6, 6.07) is 0. The lowest BCUT2D eigenvalue weighted by Gasteiger charge is -2.07. The van der Waals surface area contributed by atoms with Crippen LogP contribution in [0.3, 0.4) is 0 Å². The van der Waals surface area contributed by atoms with E-state index < -0.39 is 0 Å². The van der Waals surface area contributed by atoms with Gasteiger partial charge in [-0.1, -0.05) is 61.4 Å². The zero-order valence-electron chi connectivity index (χ0n) is 9.47. The van der Waals surface area contributed by atoms with Crippen LogP contribution in [0.25, 0.3) is 0 Å². The van der Waals surface area contributed by atoms with E-state index in [0.717, 1.165) is 11.2 Å². The number of hydrogen-bond acceptors (Lipinski definition) is 1. The Morgan fingerprint density at radius 3 is 2.07 bits per heavy atom. The molecule has 86 valence electrons. The van der Waals surface area contributed by atoms with Crippen molar-refractivity contribution in [2.75, 3.05) is 6.61 Å². The van der Waals surface area contributed by atoms with Gasteiger partial charge in [0.1, 0.15) is 0 Å². The molecular weight excluding hydrogens is 240 g/mol. The van der Waals surface area contributed by atoms with Gasteiger partial charge in [-0.25, -0.2) is 0 Å². The van der Waals surface area contributed by atoms with Gasteiger partial charge in [0.25, 0.3) is 0 Å². The third-order valence-corrected chi connectivity index (χ3v) is 3.44. The Labute approximate surface area is 97.4 Å². The molecule has 1 unspecified atom stereocenters. The number of hydrogen-bond donors (Lipinski definition) is 1. The average molecular weight is 265 g/mol. The van der Waals surface area contributed by atoms with Crippen molar-refractivity contribution in [2.45, 2.75) is 69.5 Å². The number of aliphatic hydroxyl groups excluding tert-OH is 1. The molecule has 0 fully saturated rings. The van der Waals surface area contributed by atoms with Gasteiger partial charge < -0.3 is 5.11 Å². The molecule has 0 aromatic rings. The van der Waals surface area contributed by atoms with Gasteiger partial charge in [-0.15, -0.1) is 0 Å². The molecule has 0 spiro atoms. The highest BCUT2D eigenvalue weighted by molar-refractivity contribution is 9.09. The Balaban J connectivity index is 2.98. The molecule has 0 saturated carbocycles. The van der Waals surface area contributed by atoms with Crippen molar-refractivity contribution in [3.05, 3.63) is 0 Å². The molecule has 2 heteroatoms. The summed E-state index contributed by atoms with van der Waals surface area (Å²) in [4.78, 5) is 0.741. The van der Waals surface area contributed by atoms with Gasteiger partial charge in [-0.3, -0.25) is 0 Å². The maximum absolute atomic E-state index is 8.59. The first kappa shape index (κ1) is 14.4. The quantitative estimate of drug-likeness (QED) is 0.462. The van der Waals surface area contributed by atoms with E-state index in [0.29, 0.717) is 6.61 Å². The summed E-state index contributed by atoms with van der Waals surface area (Å²) in [6.45, 7) is 2.60. The predicted molar refractivity (Wildman–Crippen MR) is 67.0 cm³/mol. The smallest absolute Gasteiger partial charge is 0.0431 e. The van der Waals surface area contributed by atoms with E-state index in [4.69, 9.17) is 5.11 Å². The van der Waals surface area contributed by atoms with Gasteiger partial charge in [0.05, 0.1) is 0 Å². The Hall–Kier alpha value is 0.440. The fourth-order valence-electron chi connectivity index (χ4n) is 1.64. The van der Waals surface area contributed by atoms with Crippen molar-refractivity contribution in [3.63, 3.8) is 0 Å². The molecule has 0 saturated heterocycles. The molecule has 0 bridgehead atoms. The Morgan fingerprint density at radius 1 is 0.929 bits per heavy atom. The third-order valence-electron chi connectivity index (χ3n) is 2.53. The summed E-state index contributed by atoms with van der Waals surface area (Å²) in [5.41, 5.74) is 0. The molecule has 0 aromatic heterocycles. The number of halogens is 1. The highest BCUT2D eigenvalue weighted by atomic mass is 79.9. The minimum atomic E-state index is 0.361. The molecule has 0 heterocycles. The van der Waals surface area contributed by atoms with Gasteiger partial charge in [-0.2, -0.15) is 0 Å². The predicted octanol–water partition coefficient (Wildman–Crippen LogP) is 4.27. The molecule has 0 aliphatic carbocycles. The molecule has 1 N–H and O–H groups in total. The monoisotopic (exact) mass is 264 g/mol. The van der Waals surface area contributed by atoms with Gasteiger partial charge >= 0.3 is 0 Å². The molecule has 0 amide bonds. The topological polar surface area (TPSA) is 20.2 Å². The number of rotatable bonds is 10. The summed E-state index contributed by atoms with van der Waals surface area (Å²) in [6.07, 6.45) is 11.4. The summed E-state index contributed by atoms with van der Waals surface area (Å²) in [5.74, 6) is 0. The lowest BCUT2D eigenvalue weighted by Crippen LogP contribution is -1.96.